The number of carbonyl (C=O) groups excluding carboxylic acids is 2. The molecule has 0 saturated heterocycles. The van der Waals surface area contributed by atoms with Crippen molar-refractivity contribution in [3.63, 3.8) is 0 Å². The zero-order chi connectivity index (χ0) is 17.9. The topological polar surface area (TPSA) is 105 Å². The summed E-state index contributed by atoms with van der Waals surface area (Å²) in [4.78, 5) is 35.9. The molecule has 2 N–H and O–H groups in total. The monoisotopic (exact) mass is 338 g/mol. The van der Waals surface area contributed by atoms with Crippen LogP contribution in [0, 0.1) is 0 Å². The minimum Gasteiger partial charge on any atom is -0.494 e. The van der Waals surface area contributed by atoms with Gasteiger partial charge in [0, 0.05) is 19.2 Å². The van der Waals surface area contributed by atoms with Gasteiger partial charge in [-0.2, -0.15) is 0 Å². The van der Waals surface area contributed by atoms with Crippen LogP contribution in [-0.2, 0) is 14.3 Å². The Morgan fingerprint density at radius 1 is 1.21 bits per heavy atom. The van der Waals surface area contributed by atoms with Crippen molar-refractivity contribution in [1.82, 2.24) is 10.2 Å². The van der Waals surface area contributed by atoms with Crippen molar-refractivity contribution in [3.05, 3.63) is 29.8 Å². The summed E-state index contributed by atoms with van der Waals surface area (Å²) in [5.41, 5.74) is 0.382. The number of hydrogen-bond acceptors (Lipinski definition) is 5. The van der Waals surface area contributed by atoms with Gasteiger partial charge in [0.25, 0.3) is 5.91 Å². The van der Waals surface area contributed by atoms with E-state index in [1.165, 1.54) is 7.11 Å². The number of amides is 2. The molecule has 0 heterocycles. The van der Waals surface area contributed by atoms with Crippen LogP contribution < -0.4 is 10.1 Å². The number of benzene rings is 1. The molecule has 0 spiro atoms. The maximum Gasteiger partial charge on any atom is 0.323 e. The van der Waals surface area contributed by atoms with Crippen molar-refractivity contribution >= 4 is 17.8 Å². The summed E-state index contributed by atoms with van der Waals surface area (Å²) in [7, 11) is 1.46. The molecule has 0 unspecified atom stereocenters. The summed E-state index contributed by atoms with van der Waals surface area (Å²) in [5.74, 6) is -1.39. The van der Waals surface area contributed by atoms with E-state index in [0.29, 0.717) is 17.9 Å². The first-order chi connectivity index (χ1) is 11.5. The number of aliphatic carboxylic acids is 1. The number of nitrogens with zero attached hydrogens (tertiary/aromatic N) is 1. The standard InChI is InChI=1S/C16H22N2O6/c1-3-24-13-6-4-12(5-7-13)16(22)17-10-14(19)18(8-9-23-2)11-15(20)21/h4-7H,3,8-11H2,1-2H3,(H,17,22)(H,20,21). The lowest BCUT2D eigenvalue weighted by molar-refractivity contribution is -0.144. The first-order valence-corrected chi connectivity index (χ1v) is 7.47. The molecule has 1 aromatic rings. The number of methoxy groups -OCH3 is 1. The van der Waals surface area contributed by atoms with Crippen LogP contribution in [0.1, 0.15) is 17.3 Å². The predicted molar refractivity (Wildman–Crippen MR) is 86.0 cm³/mol. The van der Waals surface area contributed by atoms with E-state index in [1.54, 1.807) is 24.3 Å². The van der Waals surface area contributed by atoms with Crippen LogP contribution in [0.3, 0.4) is 0 Å². The van der Waals surface area contributed by atoms with E-state index in [4.69, 9.17) is 14.6 Å². The van der Waals surface area contributed by atoms with Crippen LogP contribution in [0.25, 0.3) is 0 Å². The summed E-state index contributed by atoms with van der Waals surface area (Å²) in [6.07, 6.45) is 0. The molecule has 0 fully saturated rings. The molecular formula is C16H22N2O6. The fourth-order valence-electron chi connectivity index (χ4n) is 1.90. The summed E-state index contributed by atoms with van der Waals surface area (Å²) < 4.78 is 10.1. The maximum absolute atomic E-state index is 12.0. The number of carbonyl (C=O) groups is 3. The lowest BCUT2D eigenvalue weighted by Gasteiger charge is -2.20. The highest BCUT2D eigenvalue weighted by Crippen LogP contribution is 2.11. The van der Waals surface area contributed by atoms with E-state index in [1.807, 2.05) is 6.92 Å². The lowest BCUT2D eigenvalue weighted by atomic mass is 10.2. The minimum atomic E-state index is -1.13. The second-order valence-electron chi connectivity index (χ2n) is 4.84. The molecule has 0 bridgehead atoms. The predicted octanol–water partition coefficient (Wildman–Crippen LogP) is 0.375. The average molecular weight is 338 g/mol. The second kappa shape index (κ2) is 10.2. The number of carboxylic acids is 1. The van der Waals surface area contributed by atoms with Gasteiger partial charge in [0.15, 0.2) is 0 Å². The quantitative estimate of drug-likeness (QED) is 0.639. The molecule has 132 valence electrons. The van der Waals surface area contributed by atoms with Crippen molar-refractivity contribution in [2.45, 2.75) is 6.92 Å². The first-order valence-electron chi connectivity index (χ1n) is 7.47. The molecule has 1 aromatic carbocycles. The van der Waals surface area contributed by atoms with Crippen molar-refractivity contribution < 1.29 is 29.0 Å². The molecule has 0 aromatic heterocycles. The molecule has 0 saturated carbocycles. The van der Waals surface area contributed by atoms with Crippen LogP contribution in [0.2, 0.25) is 0 Å². The van der Waals surface area contributed by atoms with Gasteiger partial charge in [-0.05, 0) is 31.2 Å². The van der Waals surface area contributed by atoms with Gasteiger partial charge in [-0.25, -0.2) is 0 Å². The number of hydrogen-bond donors (Lipinski definition) is 2. The van der Waals surface area contributed by atoms with E-state index in [2.05, 4.69) is 5.32 Å². The Balaban J connectivity index is 2.56. The normalized spacial score (nSPS) is 10.1. The van der Waals surface area contributed by atoms with Gasteiger partial charge in [-0.1, -0.05) is 0 Å². The summed E-state index contributed by atoms with van der Waals surface area (Å²) >= 11 is 0. The zero-order valence-corrected chi connectivity index (χ0v) is 13.8. The Hall–Kier alpha value is -2.61. The number of ether oxygens (including phenoxy) is 2. The van der Waals surface area contributed by atoms with Gasteiger partial charge < -0.3 is 24.8 Å². The number of nitrogens with one attached hydrogen (secondary N) is 1. The highest BCUT2D eigenvalue weighted by molar-refractivity contribution is 5.96. The largest absolute Gasteiger partial charge is 0.494 e. The molecule has 0 aliphatic heterocycles. The summed E-state index contributed by atoms with van der Waals surface area (Å²) in [6.45, 7) is 2.01. The van der Waals surface area contributed by atoms with E-state index in [0.717, 1.165) is 4.90 Å². The van der Waals surface area contributed by atoms with Gasteiger partial charge in [0.1, 0.15) is 12.3 Å². The molecule has 0 radical (unpaired) electrons. The van der Waals surface area contributed by atoms with Gasteiger partial charge in [0.05, 0.1) is 19.8 Å². The van der Waals surface area contributed by atoms with Gasteiger partial charge in [0.2, 0.25) is 5.91 Å². The molecule has 0 aliphatic carbocycles. The maximum atomic E-state index is 12.0. The van der Waals surface area contributed by atoms with Crippen LogP contribution in [-0.4, -0.2) is 67.7 Å². The van der Waals surface area contributed by atoms with Crippen molar-refractivity contribution in [3.8, 4) is 5.75 Å². The summed E-state index contributed by atoms with van der Waals surface area (Å²) in [5, 5.41) is 11.3. The highest BCUT2D eigenvalue weighted by atomic mass is 16.5. The van der Waals surface area contributed by atoms with Crippen molar-refractivity contribution in [2.24, 2.45) is 0 Å². The minimum absolute atomic E-state index is 0.139. The fourth-order valence-corrected chi connectivity index (χ4v) is 1.90. The molecule has 8 heteroatoms. The lowest BCUT2D eigenvalue weighted by Crippen LogP contribution is -2.44. The van der Waals surface area contributed by atoms with E-state index in [-0.39, 0.29) is 19.7 Å². The first kappa shape index (κ1) is 19.4. The molecule has 2 amide bonds. The van der Waals surface area contributed by atoms with E-state index >= 15 is 0 Å². The van der Waals surface area contributed by atoms with Crippen LogP contribution in [0.15, 0.2) is 24.3 Å². The third-order valence-electron chi connectivity index (χ3n) is 3.07. The zero-order valence-electron chi connectivity index (χ0n) is 13.8. The SMILES string of the molecule is CCOc1ccc(C(=O)NCC(=O)N(CCOC)CC(=O)O)cc1. The third kappa shape index (κ3) is 6.66. The Morgan fingerprint density at radius 2 is 1.88 bits per heavy atom. The molecule has 1 rings (SSSR count). The average Bonchev–Trinajstić information content (AvgIpc) is 2.56. The molecule has 24 heavy (non-hydrogen) atoms. The van der Waals surface area contributed by atoms with Gasteiger partial charge >= 0.3 is 5.97 Å². The number of rotatable bonds is 10. The van der Waals surface area contributed by atoms with Crippen LogP contribution in [0.4, 0.5) is 0 Å². The third-order valence-corrected chi connectivity index (χ3v) is 3.07. The smallest absolute Gasteiger partial charge is 0.323 e. The van der Waals surface area contributed by atoms with Crippen molar-refractivity contribution in [2.75, 3.05) is 40.0 Å². The summed E-state index contributed by atoms with van der Waals surface area (Å²) in [6, 6.07) is 6.50. The van der Waals surface area contributed by atoms with Crippen molar-refractivity contribution in [1.29, 1.82) is 0 Å². The Labute approximate surface area is 140 Å². The van der Waals surface area contributed by atoms with Crippen LogP contribution in [0.5, 0.6) is 5.75 Å². The van der Waals surface area contributed by atoms with E-state index < -0.39 is 24.3 Å². The highest BCUT2D eigenvalue weighted by Gasteiger charge is 2.17. The van der Waals surface area contributed by atoms with Gasteiger partial charge in [-0.15, -0.1) is 0 Å². The molecular weight excluding hydrogens is 316 g/mol. The molecule has 0 aliphatic rings. The fraction of sp³-hybridized carbons (Fsp3) is 0.438. The van der Waals surface area contributed by atoms with Gasteiger partial charge in [-0.3, -0.25) is 14.4 Å². The Morgan fingerprint density at radius 3 is 2.42 bits per heavy atom. The molecule has 8 nitrogen and oxygen atoms in total. The number of carboxylic acid groups (broad SMARTS) is 1. The molecule has 0 atom stereocenters. The van der Waals surface area contributed by atoms with E-state index in [9.17, 15) is 14.4 Å². The Bertz CT molecular complexity index is 558. The Kier molecular flexibility index (Phi) is 8.28. The van der Waals surface area contributed by atoms with Crippen LogP contribution >= 0.6 is 0 Å². The second-order valence-corrected chi connectivity index (χ2v) is 4.84.